The van der Waals surface area contributed by atoms with Crippen molar-refractivity contribution in [2.24, 2.45) is 41.2 Å². The van der Waals surface area contributed by atoms with Crippen molar-refractivity contribution in [3.05, 3.63) is 84.0 Å². The SMILES string of the molecule is COc1cccc2cc(-c3nc(C4CCC(C(=O)NCCOCCOCCOCCOCCOCCOCCOCCOCCOCCNC(=O)O[C@@H]5CC[C@@H](C[C@@H](N)[C@@H]6C[C@@H](O)[C@H](C)/C=C(\C)[C@@H](O)[C@@H](OC)C(=O)[C@H](C)C[C@H](C)/C=C/C=C/C=C(\C)[C@@H](OC)C[C@@H]7CC[C@@H](C)[C@@](O)(O7)C(=O)C(=O)N7CCCC[C@H]7C(=O)O6)C[C@H]5OC)CC4)n4ncnc(N)c34)[nH]c12. The molecule has 3 aliphatic heterocycles. The second-order valence-corrected chi connectivity index (χ2v) is 34.0. The normalized spacial score (nSPS) is 28.9. The number of nitrogens with one attached hydrogen (secondary N) is 3. The zero-order valence-corrected chi connectivity index (χ0v) is 76.0. The Morgan fingerprint density at radius 2 is 1.31 bits per heavy atom. The Labute approximate surface area is 746 Å². The monoisotopic (exact) mass is 1790 g/mol. The molecule has 4 aromatic rings. The van der Waals surface area contributed by atoms with Gasteiger partial charge < -0.3 is 123 Å². The summed E-state index contributed by atoms with van der Waals surface area (Å²) in [7, 11) is 6.11. The molecule has 5 aliphatic rings. The minimum Gasteiger partial charge on any atom is -0.495 e. The first-order chi connectivity index (χ1) is 61.4. The summed E-state index contributed by atoms with van der Waals surface area (Å²) in [5, 5.41) is 47.1. The first-order valence-corrected chi connectivity index (χ1v) is 45.3. The van der Waals surface area contributed by atoms with Crippen molar-refractivity contribution in [2.75, 3.05) is 173 Å². The Balaban J connectivity index is 0.581. The minimum absolute atomic E-state index is 0.0170. The summed E-state index contributed by atoms with van der Waals surface area (Å²) in [6.45, 7) is 18.2. The largest absolute Gasteiger partial charge is 0.495 e. The number of methoxy groups -OCH3 is 4. The van der Waals surface area contributed by atoms with Gasteiger partial charge in [-0.3, -0.25) is 19.2 Å². The number of aliphatic hydroxyl groups is 3. The second kappa shape index (κ2) is 54.1. The van der Waals surface area contributed by atoms with Crippen molar-refractivity contribution in [1.82, 2.24) is 40.1 Å². The highest BCUT2D eigenvalue weighted by Crippen LogP contribution is 2.42. The van der Waals surface area contributed by atoms with Gasteiger partial charge in [-0.05, 0) is 139 Å². The lowest BCUT2D eigenvalue weighted by atomic mass is 9.80. The quantitative estimate of drug-likeness (QED) is 0.00908. The highest BCUT2D eigenvalue weighted by molar-refractivity contribution is 6.39. The number of carbonyl (C=O) groups is 6. The first-order valence-electron chi connectivity index (χ1n) is 45.3. The van der Waals surface area contributed by atoms with E-state index in [4.69, 9.17) is 92.2 Å². The lowest BCUT2D eigenvalue weighted by molar-refractivity contribution is -0.265. The van der Waals surface area contributed by atoms with Crippen LogP contribution < -0.4 is 26.8 Å². The lowest BCUT2D eigenvalue weighted by Crippen LogP contribution is -2.61. The van der Waals surface area contributed by atoms with Gasteiger partial charge in [0.05, 0.1) is 162 Å². The van der Waals surface area contributed by atoms with Gasteiger partial charge in [-0.2, -0.15) is 5.10 Å². The predicted molar refractivity (Wildman–Crippen MR) is 471 cm³/mol. The molecule has 4 fully saturated rings. The fraction of sp³-hybridized carbons (Fsp3) is 0.707. The highest BCUT2D eigenvalue weighted by atomic mass is 16.6. The summed E-state index contributed by atoms with van der Waals surface area (Å²) < 4.78 is 93.8. The van der Waals surface area contributed by atoms with E-state index in [1.54, 1.807) is 52.5 Å². The summed E-state index contributed by atoms with van der Waals surface area (Å²) in [6, 6.07) is 5.76. The average Bonchev–Trinajstić information content (AvgIpc) is 1.62. The average molecular weight is 1790 g/mol. The number of amides is 3. The van der Waals surface area contributed by atoms with Crippen molar-refractivity contribution in [3.8, 4) is 17.1 Å². The third-order valence-electron chi connectivity index (χ3n) is 24.7. The van der Waals surface area contributed by atoms with Crippen LogP contribution in [0, 0.1) is 35.5 Å². The van der Waals surface area contributed by atoms with Crippen LogP contribution in [0.2, 0.25) is 0 Å². The number of aromatic nitrogens is 5. The molecule has 16 atom stereocenters. The van der Waals surface area contributed by atoms with Gasteiger partial charge in [-0.15, -0.1) is 0 Å². The molecule has 2 saturated heterocycles. The number of alkyl carbamates (subject to hydrolysis) is 1. The number of para-hydroxylation sites is 1. The van der Waals surface area contributed by atoms with Gasteiger partial charge in [0.2, 0.25) is 11.7 Å². The molecule has 710 valence electrons. The highest BCUT2D eigenvalue weighted by Gasteiger charge is 2.53. The summed E-state index contributed by atoms with van der Waals surface area (Å²) in [6.07, 6.45) is 12.1. The zero-order valence-electron chi connectivity index (χ0n) is 76.0. The molecular weight excluding hydrogens is 1650 g/mol. The number of imidazole rings is 1. The Morgan fingerprint density at radius 3 is 1.91 bits per heavy atom. The molecule has 3 amide bonds. The molecule has 6 heterocycles. The van der Waals surface area contributed by atoms with Gasteiger partial charge in [0.25, 0.3) is 11.7 Å². The molecule has 1 aromatic carbocycles. The van der Waals surface area contributed by atoms with Crippen LogP contribution in [0.25, 0.3) is 27.8 Å². The number of cyclic esters (lactones) is 1. The maximum absolute atomic E-state index is 14.7. The number of H-pyrrole nitrogens is 1. The molecule has 9 rings (SSSR count). The maximum atomic E-state index is 14.7. The van der Waals surface area contributed by atoms with Crippen LogP contribution >= 0.6 is 0 Å². The number of aliphatic hydroxyl groups excluding tert-OH is 2. The number of ketones is 2. The third-order valence-corrected chi connectivity index (χ3v) is 24.7. The topological polar surface area (TPSA) is 449 Å². The second-order valence-electron chi connectivity index (χ2n) is 34.0. The van der Waals surface area contributed by atoms with E-state index in [9.17, 15) is 44.1 Å². The third kappa shape index (κ3) is 31.2. The number of allylic oxidation sites excluding steroid dienone is 5. The summed E-state index contributed by atoms with van der Waals surface area (Å²) in [5.74, 6) is -6.02. The van der Waals surface area contributed by atoms with Crippen molar-refractivity contribution >= 4 is 57.7 Å². The molecule has 3 aromatic heterocycles. The smallest absolute Gasteiger partial charge is 0.407 e. The molecule has 0 unspecified atom stereocenters. The number of rotatable bonds is 41. The van der Waals surface area contributed by atoms with E-state index in [1.165, 1.54) is 20.5 Å². The summed E-state index contributed by atoms with van der Waals surface area (Å²) >= 11 is 0. The van der Waals surface area contributed by atoms with E-state index in [1.807, 2.05) is 68.5 Å². The number of nitrogens with zero attached hydrogens (tertiary/aromatic N) is 5. The summed E-state index contributed by atoms with van der Waals surface area (Å²) in [5.41, 5.74) is 17.7. The van der Waals surface area contributed by atoms with Crippen LogP contribution in [0.4, 0.5) is 10.6 Å². The fourth-order valence-corrected chi connectivity index (χ4v) is 17.3. The van der Waals surface area contributed by atoms with Crippen molar-refractivity contribution < 1.29 is 120 Å². The molecule has 10 N–H and O–H groups in total. The number of carbonyl (C=O) groups excluding carboxylic acids is 6. The van der Waals surface area contributed by atoms with E-state index in [0.717, 1.165) is 64.3 Å². The first kappa shape index (κ1) is 103. The van der Waals surface area contributed by atoms with Gasteiger partial charge in [-0.1, -0.05) is 76.3 Å². The minimum atomic E-state index is -2.49. The fourth-order valence-electron chi connectivity index (χ4n) is 17.3. The number of hydrogen-bond acceptors (Lipinski definition) is 30. The molecule has 2 bridgehead atoms. The standard InChI is InChI=1S/C92H142N10O25/c1-59-17-12-11-13-18-60(2)76(113-8)56-69-28-22-64(6)92(111,127-69)85(106)89(108)101-32-15-14-20-72(101)90(109)125-77(57-73(103)61(3)52-63(5)83(105)84(115-10)82(104)62(4)51-59)70(93)53-65-23-29-74(78(54-65)114-9)126-91(110)96-31-34-117-36-38-119-40-42-121-44-46-123-48-50-124-49-47-122-45-43-120-41-39-118-37-35-116-33-30-95-88(107)67-26-24-66(25-27-67)87-100-80(81-86(94)97-58-98-102(81)87)71-55-68-19-16-21-75(112-7)79(68)99-71/h11-13,16-19,21,52,55,58-59,61-62,64-67,69-70,72-74,76-78,83-84,99,103,105,111H,14-15,20,22-51,53-54,56-57,93H2,1-10H3,(H,95,107)(H,96,110)(H2,94,97,98)/b13-11+,17-12+,60-18+,63-52+/t59-,61-,62-,64-,65+,66?,67?,69+,70-,72+,73-,74-,76+,77+,78-,83-,84+,92-/m1/s1. The predicted octanol–water partition coefficient (Wildman–Crippen LogP) is 7.81. The lowest BCUT2D eigenvalue weighted by Gasteiger charge is -2.42. The van der Waals surface area contributed by atoms with Crippen molar-refractivity contribution in [3.63, 3.8) is 0 Å². The number of nitrogens with two attached hydrogens (primary N) is 2. The van der Waals surface area contributed by atoms with Gasteiger partial charge in [0.15, 0.2) is 11.6 Å². The zero-order chi connectivity index (χ0) is 91.2. The number of benzene rings is 1. The van der Waals surface area contributed by atoms with Crippen molar-refractivity contribution in [2.45, 2.75) is 217 Å². The van der Waals surface area contributed by atoms with Crippen LogP contribution in [-0.4, -0.2) is 314 Å². The number of fused-ring (bicyclic) bond motifs is 5. The van der Waals surface area contributed by atoms with Crippen LogP contribution in [-0.2, 0) is 95.0 Å². The van der Waals surface area contributed by atoms with Gasteiger partial charge in [0, 0.05) is 94.8 Å². The Kier molecular flexibility index (Phi) is 43.9. The number of hydrogen-bond donors (Lipinski definition) is 8. The Hall–Kier alpha value is -7.79. The van der Waals surface area contributed by atoms with Crippen LogP contribution in [0.3, 0.4) is 0 Å². The maximum Gasteiger partial charge on any atom is 0.407 e. The molecule has 0 spiro atoms. The van der Waals surface area contributed by atoms with E-state index in [0.29, 0.717) is 193 Å². The van der Waals surface area contributed by atoms with E-state index < -0.39 is 108 Å². The van der Waals surface area contributed by atoms with Gasteiger partial charge >= 0.3 is 12.1 Å². The molecule has 2 saturated carbocycles. The molecular formula is C92H142N10O25. The van der Waals surface area contributed by atoms with E-state index in [-0.39, 0.29) is 80.7 Å². The molecule has 0 radical (unpaired) electrons. The van der Waals surface area contributed by atoms with Crippen LogP contribution in [0.15, 0.2) is 78.2 Å². The number of nitrogen functional groups attached to an aromatic ring is 1. The number of ether oxygens (including phenoxy) is 16. The van der Waals surface area contributed by atoms with Gasteiger partial charge in [-0.25, -0.2) is 24.1 Å². The van der Waals surface area contributed by atoms with Crippen LogP contribution in [0.1, 0.15) is 156 Å². The number of Topliss-reactive ketones (excluding diaryl/α,β-unsaturated/α-hetero) is 2. The number of aromatic amines is 1. The number of anilines is 1. The summed E-state index contributed by atoms with van der Waals surface area (Å²) in [4.78, 5) is 97.8. The Bertz CT molecular complexity index is 4150. The van der Waals surface area contributed by atoms with Crippen molar-refractivity contribution in [1.29, 1.82) is 0 Å². The van der Waals surface area contributed by atoms with Crippen LogP contribution in [0.5, 0.6) is 5.75 Å². The number of esters is 1. The van der Waals surface area contributed by atoms with E-state index in [2.05, 4.69) is 25.7 Å². The molecule has 35 nitrogen and oxygen atoms in total. The molecule has 127 heavy (non-hydrogen) atoms. The number of piperidine rings is 1. The molecule has 35 heteroatoms. The van der Waals surface area contributed by atoms with E-state index >= 15 is 0 Å². The molecule has 2 aliphatic carbocycles. The van der Waals surface area contributed by atoms with Gasteiger partial charge in [0.1, 0.15) is 59.6 Å². The Morgan fingerprint density at radius 1 is 0.685 bits per heavy atom.